The maximum absolute atomic E-state index is 12.2. The molecule has 0 radical (unpaired) electrons. The lowest BCUT2D eigenvalue weighted by Crippen LogP contribution is -3.34. The zero-order valence-corrected chi connectivity index (χ0v) is 16.4. The molecule has 0 N–H and O–H groups in total. The molecule has 0 aromatic heterocycles. The second-order valence-electron chi connectivity index (χ2n) is 5.67. The lowest BCUT2D eigenvalue weighted by molar-refractivity contribution is -0.328. The first-order valence-corrected chi connectivity index (χ1v) is 9.62. The van der Waals surface area contributed by atoms with E-state index in [1.807, 2.05) is 0 Å². The lowest BCUT2D eigenvalue weighted by atomic mass is 9.82. The molecule has 0 heterocycles. The van der Waals surface area contributed by atoms with Gasteiger partial charge in [0.25, 0.3) is 22.6 Å². The highest BCUT2D eigenvalue weighted by molar-refractivity contribution is 7.85. The zero-order chi connectivity index (χ0) is 17.7. The second kappa shape index (κ2) is 8.21. The van der Waals surface area contributed by atoms with Gasteiger partial charge in [-0.1, -0.05) is 32.9 Å². The van der Waals surface area contributed by atoms with Crippen LogP contribution in [0.15, 0.2) is 53.4 Å². The van der Waals surface area contributed by atoms with Crippen LogP contribution in [-0.2, 0) is 15.5 Å². The number of hydrogen-bond acceptors (Lipinski definition) is 3. The van der Waals surface area contributed by atoms with Crippen molar-refractivity contribution < 1.29 is 40.0 Å². The van der Waals surface area contributed by atoms with Crippen molar-refractivity contribution in [3.8, 4) is 0 Å². The fourth-order valence-corrected chi connectivity index (χ4v) is 2.57. The molecule has 0 aliphatic heterocycles. The topological polar surface area (TPSA) is 57.2 Å². The van der Waals surface area contributed by atoms with Crippen molar-refractivity contribution >= 4 is 10.1 Å². The average Bonchev–Trinajstić information content (AvgIpc) is 2.48. The standard InChI is InChI=1S/C11H16I.C6H5FO3S/c1-4-11(2,3)9-5-7-10(12)8-6-9;7-5-1-3-6(4-2-5)11(8,9)10/h5-8,12H,4H2,1-3H3;1-4H,(H,8,9,10)/q+1;/p-1. The van der Waals surface area contributed by atoms with Crippen LogP contribution in [0.3, 0.4) is 0 Å². The fraction of sp³-hybridized carbons (Fsp3) is 0.294. The SMILES string of the molecule is CCC(C)(C)c1ccc([IH+])cc1.O=S(=O)([O-])c1ccc(F)cc1. The summed E-state index contributed by atoms with van der Waals surface area (Å²) in [6.45, 7) is 6.82. The predicted molar refractivity (Wildman–Crippen MR) is 84.2 cm³/mol. The van der Waals surface area contributed by atoms with Gasteiger partial charge >= 0.3 is 0 Å². The summed E-state index contributed by atoms with van der Waals surface area (Å²) in [5.41, 5.74) is 1.77. The Bertz CT molecular complexity index is 723. The van der Waals surface area contributed by atoms with E-state index in [1.165, 1.54) is 15.6 Å². The van der Waals surface area contributed by atoms with E-state index in [-0.39, 0.29) is 0 Å². The predicted octanol–water partition coefficient (Wildman–Crippen LogP) is 0.559. The number of benzene rings is 2. The van der Waals surface area contributed by atoms with Gasteiger partial charge in [0.2, 0.25) is 0 Å². The van der Waals surface area contributed by atoms with E-state index in [0.29, 0.717) is 5.41 Å². The van der Waals surface area contributed by atoms with Crippen LogP contribution in [0.5, 0.6) is 0 Å². The summed E-state index contributed by atoms with van der Waals surface area (Å²) in [4.78, 5) is -0.418. The number of hydrogen-bond donors (Lipinski definition) is 0. The summed E-state index contributed by atoms with van der Waals surface area (Å²) >= 11 is 2.06. The highest BCUT2D eigenvalue weighted by atomic mass is 127. The highest BCUT2D eigenvalue weighted by Crippen LogP contribution is 2.25. The summed E-state index contributed by atoms with van der Waals surface area (Å²) in [6, 6.07) is 12.6. The van der Waals surface area contributed by atoms with Gasteiger partial charge < -0.3 is 4.55 Å². The molecule has 0 aliphatic rings. The second-order valence-corrected chi connectivity index (χ2v) is 8.39. The quantitative estimate of drug-likeness (QED) is 0.508. The normalized spacial score (nSPS) is 11.6. The van der Waals surface area contributed by atoms with Crippen molar-refractivity contribution in [1.82, 2.24) is 0 Å². The third-order valence-corrected chi connectivity index (χ3v) is 5.25. The Balaban J connectivity index is 0.000000231. The maximum Gasteiger partial charge on any atom is 0.296 e. The summed E-state index contributed by atoms with van der Waals surface area (Å²) in [5, 5.41) is 0. The summed E-state index contributed by atoms with van der Waals surface area (Å²) in [6.07, 6.45) is 1.19. The molecule has 0 bridgehead atoms. The van der Waals surface area contributed by atoms with Gasteiger partial charge in [-0.15, -0.1) is 0 Å². The Morgan fingerprint density at radius 1 is 1.04 bits per heavy atom. The van der Waals surface area contributed by atoms with Crippen molar-refractivity contribution in [2.24, 2.45) is 0 Å². The van der Waals surface area contributed by atoms with E-state index in [4.69, 9.17) is 0 Å². The van der Waals surface area contributed by atoms with Gasteiger partial charge in [-0.05, 0) is 53.8 Å². The van der Waals surface area contributed by atoms with Crippen LogP contribution in [0.4, 0.5) is 4.39 Å². The monoisotopic (exact) mass is 450 g/mol. The zero-order valence-electron chi connectivity index (χ0n) is 13.2. The van der Waals surface area contributed by atoms with Gasteiger partial charge in [0.05, 0.1) is 4.90 Å². The first-order valence-electron chi connectivity index (χ1n) is 7.05. The molecule has 0 saturated heterocycles. The van der Waals surface area contributed by atoms with Crippen molar-refractivity contribution in [2.45, 2.75) is 37.5 Å². The van der Waals surface area contributed by atoms with Crippen molar-refractivity contribution in [3.63, 3.8) is 0 Å². The minimum Gasteiger partial charge on any atom is -0.744 e. The molecule has 0 aliphatic carbocycles. The van der Waals surface area contributed by atoms with Gasteiger partial charge in [0, 0.05) is 0 Å². The van der Waals surface area contributed by atoms with Crippen LogP contribution < -0.4 is 22.6 Å². The fourth-order valence-electron chi connectivity index (χ4n) is 1.71. The number of rotatable bonds is 3. The molecule has 23 heavy (non-hydrogen) atoms. The molecule has 2 aromatic carbocycles. The van der Waals surface area contributed by atoms with E-state index in [2.05, 4.69) is 67.6 Å². The highest BCUT2D eigenvalue weighted by Gasteiger charge is 2.17. The Morgan fingerprint density at radius 2 is 1.52 bits per heavy atom. The molecular formula is C17H20FIO3S. The summed E-state index contributed by atoms with van der Waals surface area (Å²) in [7, 11) is -4.44. The number of halogens is 2. The van der Waals surface area contributed by atoms with Gasteiger partial charge in [0.15, 0.2) is 3.57 Å². The first kappa shape index (κ1) is 20.1. The Kier molecular flexibility index (Phi) is 7.16. The molecule has 126 valence electrons. The third kappa shape index (κ3) is 6.56. The van der Waals surface area contributed by atoms with Crippen molar-refractivity contribution in [2.75, 3.05) is 0 Å². The van der Waals surface area contributed by atoms with Crippen LogP contribution in [-0.4, -0.2) is 13.0 Å². The van der Waals surface area contributed by atoms with Gasteiger partial charge in [-0.3, -0.25) is 0 Å². The molecule has 2 aromatic rings. The van der Waals surface area contributed by atoms with Crippen LogP contribution in [0.25, 0.3) is 0 Å². The molecule has 0 saturated carbocycles. The van der Waals surface area contributed by atoms with Gasteiger partial charge in [-0.25, -0.2) is 12.8 Å². The third-order valence-electron chi connectivity index (χ3n) is 3.62. The Labute approximate surface area is 150 Å². The Morgan fingerprint density at radius 3 is 1.91 bits per heavy atom. The van der Waals surface area contributed by atoms with E-state index in [1.54, 1.807) is 0 Å². The van der Waals surface area contributed by atoms with Crippen LogP contribution >= 0.6 is 0 Å². The molecule has 3 nitrogen and oxygen atoms in total. The molecule has 0 atom stereocenters. The molecule has 2 rings (SSSR count). The average molecular weight is 450 g/mol. The first-order chi connectivity index (χ1) is 10.6. The van der Waals surface area contributed by atoms with E-state index in [0.717, 1.165) is 24.3 Å². The maximum atomic E-state index is 12.2. The van der Waals surface area contributed by atoms with E-state index < -0.39 is 20.8 Å². The molecule has 0 fully saturated rings. The Hall–Kier alpha value is -0.990. The van der Waals surface area contributed by atoms with Crippen molar-refractivity contribution in [3.05, 3.63) is 63.5 Å². The molecule has 0 unspecified atom stereocenters. The van der Waals surface area contributed by atoms with Gasteiger partial charge in [0.1, 0.15) is 15.9 Å². The smallest absolute Gasteiger partial charge is 0.296 e. The largest absolute Gasteiger partial charge is 0.744 e. The summed E-state index contributed by atoms with van der Waals surface area (Å²) in [5.74, 6) is -0.572. The van der Waals surface area contributed by atoms with Gasteiger partial charge in [-0.2, -0.15) is 0 Å². The van der Waals surface area contributed by atoms with Crippen LogP contribution in [0, 0.1) is 9.39 Å². The van der Waals surface area contributed by atoms with E-state index in [9.17, 15) is 17.4 Å². The van der Waals surface area contributed by atoms with Crippen LogP contribution in [0.2, 0.25) is 0 Å². The molecular weight excluding hydrogens is 430 g/mol. The minimum atomic E-state index is -4.44. The summed E-state index contributed by atoms with van der Waals surface area (Å²) < 4.78 is 44.3. The van der Waals surface area contributed by atoms with Crippen molar-refractivity contribution in [1.29, 1.82) is 0 Å². The molecule has 0 spiro atoms. The van der Waals surface area contributed by atoms with E-state index >= 15 is 0 Å². The molecule has 0 amide bonds. The van der Waals surface area contributed by atoms with Crippen LogP contribution in [0.1, 0.15) is 32.8 Å². The molecule has 6 heteroatoms. The lowest BCUT2D eigenvalue weighted by Gasteiger charge is -2.22. The minimum absolute atomic E-state index is 0.328.